The van der Waals surface area contributed by atoms with Gasteiger partial charge in [0.05, 0.1) is 27.8 Å². The first-order valence-electron chi connectivity index (χ1n) is 5.72. The van der Waals surface area contributed by atoms with E-state index >= 15 is 0 Å². The van der Waals surface area contributed by atoms with Crippen molar-refractivity contribution in [3.63, 3.8) is 0 Å². The third kappa shape index (κ3) is 1.44. The van der Waals surface area contributed by atoms with Crippen LogP contribution in [0.1, 0.15) is 10.4 Å². The number of pyridine rings is 1. The van der Waals surface area contributed by atoms with E-state index < -0.39 is 0 Å². The molecule has 92 valence electrons. The van der Waals surface area contributed by atoms with Gasteiger partial charge in [0.15, 0.2) is 0 Å². The van der Waals surface area contributed by atoms with Crippen molar-refractivity contribution >= 4 is 27.4 Å². The van der Waals surface area contributed by atoms with Crippen LogP contribution in [0, 0.1) is 13.8 Å². The van der Waals surface area contributed by atoms with E-state index in [2.05, 4.69) is 23.8 Å². The summed E-state index contributed by atoms with van der Waals surface area (Å²) in [4.78, 5) is 10.1. The maximum absolute atomic E-state index is 6.11. The van der Waals surface area contributed by atoms with Gasteiger partial charge in [-0.15, -0.1) is 11.3 Å². The molecule has 0 aliphatic heterocycles. The summed E-state index contributed by atoms with van der Waals surface area (Å²) in [5, 5.41) is 0.830. The molecule has 3 aromatic rings. The van der Waals surface area contributed by atoms with Crippen molar-refractivity contribution in [2.75, 3.05) is 5.73 Å². The summed E-state index contributed by atoms with van der Waals surface area (Å²) in [7, 11) is 2.00. The number of aromatic nitrogens is 3. The van der Waals surface area contributed by atoms with Gasteiger partial charge in [0.2, 0.25) is 0 Å². The maximum Gasteiger partial charge on any atom is 0.144 e. The highest BCUT2D eigenvalue weighted by Crippen LogP contribution is 2.38. The third-order valence-corrected chi connectivity index (χ3v) is 4.36. The molecule has 0 bridgehead atoms. The van der Waals surface area contributed by atoms with Gasteiger partial charge in [0.1, 0.15) is 5.82 Å². The van der Waals surface area contributed by atoms with E-state index in [0.29, 0.717) is 0 Å². The Hall–Kier alpha value is -1.88. The lowest BCUT2D eigenvalue weighted by atomic mass is 10.1. The van der Waals surface area contributed by atoms with Gasteiger partial charge in [-0.05, 0) is 25.5 Å². The number of rotatable bonds is 1. The molecule has 2 N–H and O–H groups in total. The zero-order valence-electron chi connectivity index (χ0n) is 10.6. The Kier molecular flexibility index (Phi) is 2.38. The van der Waals surface area contributed by atoms with Gasteiger partial charge in [-0.2, -0.15) is 0 Å². The Morgan fingerprint density at radius 3 is 2.72 bits per heavy atom. The number of fused-ring (bicyclic) bond motifs is 1. The van der Waals surface area contributed by atoms with Crippen LogP contribution in [0.5, 0.6) is 0 Å². The molecule has 0 spiro atoms. The minimum absolute atomic E-state index is 0.830. The monoisotopic (exact) mass is 258 g/mol. The average Bonchev–Trinajstić information content (AvgIpc) is 2.79. The summed E-state index contributed by atoms with van der Waals surface area (Å²) >= 11 is 1.62. The molecule has 0 aromatic carbocycles. The first-order valence-corrected chi connectivity index (χ1v) is 6.53. The van der Waals surface area contributed by atoms with E-state index in [1.54, 1.807) is 17.5 Å². The number of hydrogen-bond donors (Lipinski definition) is 1. The Balaban J connectivity index is 2.35. The van der Waals surface area contributed by atoms with Crippen molar-refractivity contribution < 1.29 is 0 Å². The molecule has 0 atom stereocenters. The molecule has 4 nitrogen and oxygen atoms in total. The SMILES string of the molecule is Cc1sc(N)c(-c2nc3ccncc3n2C)c1C. The van der Waals surface area contributed by atoms with E-state index in [4.69, 9.17) is 5.73 Å². The molecule has 3 heterocycles. The lowest BCUT2D eigenvalue weighted by Gasteiger charge is -2.03. The van der Waals surface area contributed by atoms with Crippen LogP contribution in [0.2, 0.25) is 0 Å². The Bertz CT molecular complexity index is 739. The van der Waals surface area contributed by atoms with Gasteiger partial charge >= 0.3 is 0 Å². The summed E-state index contributed by atoms with van der Waals surface area (Å²) in [6.45, 7) is 4.18. The van der Waals surface area contributed by atoms with Crippen LogP contribution in [0.25, 0.3) is 22.4 Å². The third-order valence-electron chi connectivity index (χ3n) is 3.32. The number of anilines is 1. The molecule has 0 saturated carbocycles. The second-order valence-electron chi connectivity index (χ2n) is 4.38. The van der Waals surface area contributed by atoms with Crippen LogP contribution >= 0.6 is 11.3 Å². The Morgan fingerprint density at radius 2 is 2.11 bits per heavy atom. The van der Waals surface area contributed by atoms with Crippen LogP contribution in [-0.4, -0.2) is 14.5 Å². The highest BCUT2D eigenvalue weighted by Gasteiger charge is 2.18. The van der Waals surface area contributed by atoms with Gasteiger partial charge in [0.25, 0.3) is 0 Å². The first-order chi connectivity index (χ1) is 8.59. The molecule has 0 aliphatic rings. The van der Waals surface area contributed by atoms with E-state index in [0.717, 1.165) is 27.4 Å². The number of nitrogens with zero attached hydrogens (tertiary/aromatic N) is 3. The number of nitrogen functional groups attached to an aromatic ring is 1. The van der Waals surface area contributed by atoms with Crippen LogP contribution in [0.3, 0.4) is 0 Å². The molecule has 0 fully saturated rings. The minimum atomic E-state index is 0.830. The van der Waals surface area contributed by atoms with Crippen molar-refractivity contribution in [3.05, 3.63) is 28.9 Å². The van der Waals surface area contributed by atoms with Gasteiger partial charge in [-0.1, -0.05) is 0 Å². The number of thiophene rings is 1. The van der Waals surface area contributed by atoms with Crippen molar-refractivity contribution in [1.82, 2.24) is 14.5 Å². The highest BCUT2D eigenvalue weighted by molar-refractivity contribution is 7.16. The Morgan fingerprint density at radius 1 is 1.33 bits per heavy atom. The van der Waals surface area contributed by atoms with Crippen LogP contribution < -0.4 is 5.73 Å². The van der Waals surface area contributed by atoms with E-state index in [1.807, 2.05) is 23.9 Å². The molecule has 0 saturated heterocycles. The number of hydrogen-bond acceptors (Lipinski definition) is 4. The zero-order valence-corrected chi connectivity index (χ0v) is 11.4. The molecule has 0 amide bonds. The number of nitrogens with two attached hydrogens (primary N) is 1. The first kappa shape index (κ1) is 11.2. The smallest absolute Gasteiger partial charge is 0.144 e. The van der Waals surface area contributed by atoms with Crippen molar-refractivity contribution in [3.8, 4) is 11.4 Å². The molecule has 5 heteroatoms. The highest BCUT2D eigenvalue weighted by atomic mass is 32.1. The average molecular weight is 258 g/mol. The Labute approximate surface area is 109 Å². The quantitative estimate of drug-likeness (QED) is 0.730. The summed E-state index contributed by atoms with van der Waals surface area (Å²) < 4.78 is 2.05. The molecular weight excluding hydrogens is 244 g/mol. The van der Waals surface area contributed by atoms with Crippen molar-refractivity contribution in [2.45, 2.75) is 13.8 Å². The maximum atomic E-state index is 6.11. The van der Waals surface area contributed by atoms with E-state index in [1.165, 1.54) is 10.4 Å². The molecule has 18 heavy (non-hydrogen) atoms. The molecule has 0 aliphatic carbocycles. The van der Waals surface area contributed by atoms with Gasteiger partial charge in [-0.3, -0.25) is 4.98 Å². The molecule has 3 rings (SSSR count). The molecular formula is C13H14N4S. The second-order valence-corrected chi connectivity index (χ2v) is 5.64. The standard InChI is InChI=1S/C13H14N4S/c1-7-8(2)18-12(14)11(7)13-16-9-4-5-15-6-10(9)17(13)3/h4-6H,14H2,1-3H3. The van der Waals surface area contributed by atoms with E-state index in [-0.39, 0.29) is 0 Å². The van der Waals surface area contributed by atoms with Crippen LogP contribution in [-0.2, 0) is 7.05 Å². The zero-order chi connectivity index (χ0) is 12.9. The summed E-state index contributed by atoms with van der Waals surface area (Å²) in [5.74, 6) is 0.914. The number of aryl methyl sites for hydroxylation is 2. The second kappa shape index (κ2) is 3.81. The van der Waals surface area contributed by atoms with Gasteiger partial charge in [0, 0.05) is 18.1 Å². The fourth-order valence-corrected chi connectivity index (χ4v) is 3.12. The molecule has 0 unspecified atom stereocenters. The largest absolute Gasteiger partial charge is 0.390 e. The lowest BCUT2D eigenvalue weighted by molar-refractivity contribution is 0.956. The van der Waals surface area contributed by atoms with Gasteiger partial charge in [-0.25, -0.2) is 4.98 Å². The molecule has 0 radical (unpaired) electrons. The normalized spacial score (nSPS) is 11.3. The lowest BCUT2D eigenvalue weighted by Crippen LogP contribution is -1.95. The fourth-order valence-electron chi connectivity index (χ4n) is 2.19. The van der Waals surface area contributed by atoms with Crippen molar-refractivity contribution in [1.29, 1.82) is 0 Å². The topological polar surface area (TPSA) is 56.7 Å². The van der Waals surface area contributed by atoms with E-state index in [9.17, 15) is 0 Å². The van der Waals surface area contributed by atoms with Crippen molar-refractivity contribution in [2.24, 2.45) is 7.05 Å². The number of imidazole rings is 1. The summed E-state index contributed by atoms with van der Waals surface area (Å²) in [6, 6.07) is 1.92. The minimum Gasteiger partial charge on any atom is -0.390 e. The van der Waals surface area contributed by atoms with Gasteiger partial charge < -0.3 is 10.3 Å². The van der Waals surface area contributed by atoms with Crippen LogP contribution in [0.4, 0.5) is 5.00 Å². The predicted molar refractivity (Wildman–Crippen MR) is 75.7 cm³/mol. The summed E-state index contributed by atoms with van der Waals surface area (Å²) in [6.07, 6.45) is 3.59. The predicted octanol–water partition coefficient (Wildman–Crippen LogP) is 2.90. The summed E-state index contributed by atoms with van der Waals surface area (Å²) in [5.41, 5.74) is 10.4. The fraction of sp³-hybridized carbons (Fsp3) is 0.231. The molecule has 3 aromatic heterocycles. The van der Waals surface area contributed by atoms with Crippen LogP contribution in [0.15, 0.2) is 18.5 Å².